The average Bonchev–Trinajstić information content (AvgIpc) is 2.26. The number of hydrogen-bond donors (Lipinski definition) is 1. The lowest BCUT2D eigenvalue weighted by molar-refractivity contribution is 0.178. The van der Waals surface area contributed by atoms with E-state index in [0.717, 1.165) is 37.2 Å². The van der Waals surface area contributed by atoms with E-state index in [-0.39, 0.29) is 0 Å². The van der Waals surface area contributed by atoms with Crippen LogP contribution in [0.1, 0.15) is 23.1 Å². The van der Waals surface area contributed by atoms with Crippen molar-refractivity contribution >= 4 is 0 Å². The zero-order valence-corrected chi connectivity index (χ0v) is 11.3. The molecule has 0 unspecified atom stereocenters. The second kappa shape index (κ2) is 6.62. The molecule has 0 fully saturated rings. The molecule has 1 aromatic rings. The van der Waals surface area contributed by atoms with Crippen molar-refractivity contribution in [2.24, 2.45) is 0 Å². The Morgan fingerprint density at radius 1 is 1.24 bits per heavy atom. The molecule has 0 spiro atoms. The second-order valence-corrected chi connectivity index (χ2v) is 4.66. The van der Waals surface area contributed by atoms with Crippen LogP contribution >= 0.6 is 0 Å². The first-order valence-electron chi connectivity index (χ1n) is 6.01. The van der Waals surface area contributed by atoms with Crippen LogP contribution in [0.4, 0.5) is 0 Å². The lowest BCUT2D eigenvalue weighted by Crippen LogP contribution is -2.20. The molecule has 3 nitrogen and oxygen atoms in total. The molecule has 0 aliphatic heterocycles. The number of rotatable bonds is 6. The normalized spacial score (nSPS) is 11.1. The number of phenolic OH excluding ortho intramolecular Hbond substituents is 1. The smallest absolute Gasteiger partial charge is 0.121 e. The van der Waals surface area contributed by atoms with Gasteiger partial charge in [-0.15, -0.1) is 0 Å². The van der Waals surface area contributed by atoms with Gasteiger partial charge in [-0.2, -0.15) is 0 Å². The number of benzene rings is 1. The summed E-state index contributed by atoms with van der Waals surface area (Å²) in [6.07, 6.45) is 1.04. The van der Waals surface area contributed by atoms with Crippen molar-refractivity contribution in [2.45, 2.75) is 26.8 Å². The van der Waals surface area contributed by atoms with Gasteiger partial charge in [0.1, 0.15) is 5.75 Å². The van der Waals surface area contributed by atoms with Crippen molar-refractivity contribution < 1.29 is 9.84 Å². The first-order valence-corrected chi connectivity index (χ1v) is 6.01. The Hall–Kier alpha value is -1.06. The topological polar surface area (TPSA) is 32.7 Å². The summed E-state index contributed by atoms with van der Waals surface area (Å²) in [6.45, 7) is 6.62. The molecule has 0 aromatic heterocycles. The molecule has 1 N–H and O–H groups in total. The van der Waals surface area contributed by atoms with E-state index in [1.165, 1.54) is 5.56 Å². The highest BCUT2D eigenvalue weighted by molar-refractivity contribution is 5.42. The van der Waals surface area contributed by atoms with Crippen LogP contribution < -0.4 is 0 Å². The number of ether oxygens (including phenoxy) is 1. The predicted molar refractivity (Wildman–Crippen MR) is 70.4 cm³/mol. The van der Waals surface area contributed by atoms with Crippen LogP contribution in [0.2, 0.25) is 0 Å². The maximum atomic E-state index is 9.71. The molecule has 17 heavy (non-hydrogen) atoms. The first-order chi connectivity index (χ1) is 8.04. The summed E-state index contributed by atoms with van der Waals surface area (Å²) in [7, 11) is 3.83. The quantitative estimate of drug-likeness (QED) is 0.772. The zero-order valence-electron chi connectivity index (χ0n) is 11.3. The maximum Gasteiger partial charge on any atom is 0.121 e. The Morgan fingerprint density at radius 2 is 1.82 bits per heavy atom. The van der Waals surface area contributed by atoms with Crippen LogP contribution in [0, 0.1) is 13.8 Å². The molecule has 0 saturated carbocycles. The number of nitrogens with zero attached hydrogens (tertiary/aromatic N) is 1. The van der Waals surface area contributed by atoms with Gasteiger partial charge < -0.3 is 14.7 Å². The third-order valence-corrected chi connectivity index (χ3v) is 2.89. The fraction of sp³-hybridized carbons (Fsp3) is 0.571. The third kappa shape index (κ3) is 4.36. The highest BCUT2D eigenvalue weighted by atomic mass is 16.5. The van der Waals surface area contributed by atoms with Crippen LogP contribution in [0.15, 0.2) is 12.1 Å². The Morgan fingerprint density at radius 3 is 2.35 bits per heavy atom. The van der Waals surface area contributed by atoms with E-state index in [0.29, 0.717) is 5.75 Å². The lowest BCUT2D eigenvalue weighted by Gasteiger charge is -2.17. The summed E-state index contributed by atoms with van der Waals surface area (Å²) < 4.78 is 5.04. The van der Waals surface area contributed by atoms with Crippen LogP contribution in [-0.2, 0) is 11.3 Å². The lowest BCUT2D eigenvalue weighted by atomic mass is 10.1. The monoisotopic (exact) mass is 237 g/mol. The van der Waals surface area contributed by atoms with Gasteiger partial charge in [-0.05, 0) is 44.0 Å². The molecule has 0 heterocycles. The van der Waals surface area contributed by atoms with E-state index in [2.05, 4.69) is 24.1 Å². The molecule has 0 aliphatic rings. The fourth-order valence-electron chi connectivity index (χ4n) is 2.01. The van der Waals surface area contributed by atoms with Gasteiger partial charge in [-0.3, -0.25) is 0 Å². The molecule has 0 amide bonds. The number of phenols is 1. The SMILES string of the molecule is COCCCN(C)Cc1cc(C)c(O)c(C)c1. The van der Waals surface area contributed by atoms with Crippen LogP contribution in [0.5, 0.6) is 5.75 Å². The predicted octanol–water partition coefficient (Wildman–Crippen LogP) is 2.48. The molecule has 0 bridgehead atoms. The molecule has 3 heteroatoms. The van der Waals surface area contributed by atoms with Crippen molar-refractivity contribution in [3.05, 3.63) is 28.8 Å². The van der Waals surface area contributed by atoms with Gasteiger partial charge in [0.2, 0.25) is 0 Å². The minimum absolute atomic E-state index is 0.413. The van der Waals surface area contributed by atoms with E-state index < -0.39 is 0 Å². The van der Waals surface area contributed by atoms with Crippen molar-refractivity contribution in [1.82, 2.24) is 4.90 Å². The van der Waals surface area contributed by atoms with E-state index >= 15 is 0 Å². The number of aromatic hydroxyl groups is 1. The summed E-state index contributed by atoms with van der Waals surface area (Å²) in [5.74, 6) is 0.413. The van der Waals surface area contributed by atoms with Crippen molar-refractivity contribution in [3.8, 4) is 5.75 Å². The Kier molecular flexibility index (Phi) is 5.45. The first kappa shape index (κ1) is 14.0. The molecule has 0 saturated heterocycles. The van der Waals surface area contributed by atoms with Gasteiger partial charge in [0, 0.05) is 26.8 Å². The van der Waals surface area contributed by atoms with E-state index in [4.69, 9.17) is 4.74 Å². The molecular weight excluding hydrogens is 214 g/mol. The standard InChI is InChI=1S/C14H23NO2/c1-11-8-13(9-12(2)14(11)16)10-15(3)6-5-7-17-4/h8-9,16H,5-7,10H2,1-4H3. The zero-order chi connectivity index (χ0) is 12.8. The molecule has 0 atom stereocenters. The van der Waals surface area contributed by atoms with Crippen LogP contribution in [0.3, 0.4) is 0 Å². The van der Waals surface area contributed by atoms with E-state index in [1.54, 1.807) is 7.11 Å². The van der Waals surface area contributed by atoms with Gasteiger partial charge >= 0.3 is 0 Å². The summed E-state index contributed by atoms with van der Waals surface area (Å²) in [5, 5.41) is 9.71. The molecule has 1 aromatic carbocycles. The minimum Gasteiger partial charge on any atom is -0.507 e. The largest absolute Gasteiger partial charge is 0.507 e. The Balaban J connectivity index is 2.56. The highest BCUT2D eigenvalue weighted by Crippen LogP contribution is 2.23. The molecule has 1 rings (SSSR count). The maximum absolute atomic E-state index is 9.71. The summed E-state index contributed by atoms with van der Waals surface area (Å²) in [6, 6.07) is 4.10. The summed E-state index contributed by atoms with van der Waals surface area (Å²) in [4.78, 5) is 2.27. The molecular formula is C14H23NO2. The molecule has 0 radical (unpaired) electrons. The second-order valence-electron chi connectivity index (χ2n) is 4.66. The third-order valence-electron chi connectivity index (χ3n) is 2.89. The van der Waals surface area contributed by atoms with Crippen molar-refractivity contribution in [3.63, 3.8) is 0 Å². The number of hydrogen-bond acceptors (Lipinski definition) is 3. The van der Waals surface area contributed by atoms with Gasteiger partial charge in [0.15, 0.2) is 0 Å². The van der Waals surface area contributed by atoms with Crippen LogP contribution in [0.25, 0.3) is 0 Å². The fourth-order valence-corrected chi connectivity index (χ4v) is 2.01. The highest BCUT2D eigenvalue weighted by Gasteiger charge is 2.05. The summed E-state index contributed by atoms with van der Waals surface area (Å²) >= 11 is 0. The van der Waals surface area contributed by atoms with Gasteiger partial charge in [-0.25, -0.2) is 0 Å². The van der Waals surface area contributed by atoms with Crippen LogP contribution in [-0.4, -0.2) is 37.3 Å². The Labute approximate surface area is 104 Å². The van der Waals surface area contributed by atoms with Crippen molar-refractivity contribution in [1.29, 1.82) is 0 Å². The molecule has 0 aliphatic carbocycles. The Bertz CT molecular complexity index is 340. The number of methoxy groups -OCH3 is 1. The molecule has 96 valence electrons. The van der Waals surface area contributed by atoms with E-state index in [9.17, 15) is 5.11 Å². The number of aryl methyl sites for hydroxylation is 2. The van der Waals surface area contributed by atoms with Gasteiger partial charge in [0.05, 0.1) is 0 Å². The van der Waals surface area contributed by atoms with Gasteiger partial charge in [-0.1, -0.05) is 12.1 Å². The summed E-state index contributed by atoms with van der Waals surface area (Å²) in [5.41, 5.74) is 3.15. The van der Waals surface area contributed by atoms with E-state index in [1.807, 2.05) is 13.8 Å². The average molecular weight is 237 g/mol. The van der Waals surface area contributed by atoms with Crippen molar-refractivity contribution in [2.75, 3.05) is 27.3 Å². The minimum atomic E-state index is 0.413. The van der Waals surface area contributed by atoms with Gasteiger partial charge in [0.25, 0.3) is 0 Å².